The first kappa shape index (κ1) is 25.4. The summed E-state index contributed by atoms with van der Waals surface area (Å²) in [5.41, 5.74) is 9.80. The minimum absolute atomic E-state index is 0.170. The van der Waals surface area contributed by atoms with E-state index in [9.17, 15) is 5.11 Å². The Bertz CT molecular complexity index is 1440. The lowest BCUT2D eigenvalue weighted by molar-refractivity contribution is -0.308. The molecule has 4 aromatic rings. The Labute approximate surface area is 218 Å². The fourth-order valence-electron chi connectivity index (χ4n) is 3.93. The third-order valence-corrected chi connectivity index (χ3v) is 6.78. The van der Waals surface area contributed by atoms with Crippen LogP contribution in [0.4, 0.5) is 0 Å². The average molecular weight is 532 g/mol. The fraction of sp³-hybridized carbons (Fsp3) is 0.192. The average Bonchev–Trinajstić information content (AvgIpc) is 3.07. The molecule has 6 nitrogen and oxygen atoms in total. The lowest BCUT2D eigenvalue weighted by atomic mass is 10.1. The van der Waals surface area contributed by atoms with Gasteiger partial charge >= 0.3 is 0 Å². The zero-order valence-electron chi connectivity index (χ0n) is 19.2. The van der Waals surface area contributed by atoms with Gasteiger partial charge in [0.15, 0.2) is 0 Å². The van der Waals surface area contributed by atoms with E-state index in [4.69, 9.17) is 40.2 Å². The van der Waals surface area contributed by atoms with Crippen LogP contribution in [-0.2, 0) is 19.6 Å². The normalized spacial score (nSPS) is 12.8. The summed E-state index contributed by atoms with van der Waals surface area (Å²) in [4.78, 5) is 0. The standard InChI is InChI=1S/C26H26Cl3N5O/c1-16-2-4-17(5-3-16)12-32-13-20(30)14-33-24-11-19(27)7-9-23(24)34(26(33)31)15-25(35)18-6-8-21(28)22(29)10-18/h2-11,13,25,31-32,35H,12,14-15,30H2,1H3/p+1/b20-13-,31-26?. The molecular formula is C26H27Cl3N5O+. The molecule has 1 unspecified atom stereocenters. The van der Waals surface area contributed by atoms with Crippen LogP contribution >= 0.6 is 34.8 Å². The summed E-state index contributed by atoms with van der Waals surface area (Å²) in [6.45, 7) is 3.31. The van der Waals surface area contributed by atoms with Crippen molar-refractivity contribution >= 4 is 45.8 Å². The molecule has 0 aliphatic carbocycles. The number of aliphatic hydroxyl groups excluding tert-OH is 1. The van der Waals surface area contributed by atoms with Crippen molar-refractivity contribution in [1.82, 2.24) is 14.5 Å². The molecular weight excluding hydrogens is 505 g/mol. The number of halogens is 3. The molecule has 9 heteroatoms. The first-order chi connectivity index (χ1) is 16.7. The van der Waals surface area contributed by atoms with E-state index in [1.807, 2.05) is 22.9 Å². The van der Waals surface area contributed by atoms with Crippen molar-refractivity contribution in [3.63, 3.8) is 0 Å². The van der Waals surface area contributed by atoms with Crippen LogP contribution in [0.3, 0.4) is 0 Å². The summed E-state index contributed by atoms with van der Waals surface area (Å²) in [6, 6.07) is 18.8. The summed E-state index contributed by atoms with van der Waals surface area (Å²) in [6.07, 6.45) is 0.990. The van der Waals surface area contributed by atoms with Gasteiger partial charge < -0.3 is 25.3 Å². The highest BCUT2D eigenvalue weighted by Gasteiger charge is 2.17. The van der Waals surface area contributed by atoms with Crippen LogP contribution < -0.4 is 16.7 Å². The van der Waals surface area contributed by atoms with Crippen LogP contribution in [0.5, 0.6) is 0 Å². The van der Waals surface area contributed by atoms with E-state index in [2.05, 4.69) is 42.2 Å². The van der Waals surface area contributed by atoms with Gasteiger partial charge in [0.05, 0.1) is 39.9 Å². The number of quaternary nitrogens is 1. The number of benzene rings is 3. The molecule has 4 rings (SSSR count). The number of aliphatic hydroxyl groups is 1. The Morgan fingerprint density at radius 3 is 2.46 bits per heavy atom. The van der Waals surface area contributed by atoms with Gasteiger partial charge in [0.1, 0.15) is 12.2 Å². The number of aromatic nitrogens is 2. The SMILES string of the molecule is Cc1ccc(CN/C=C(\[NH3+])Cn2c(=N)n(CC(O)c3ccc(Cl)c(Cl)c3)c3ccc(Cl)cc32)cc1. The van der Waals surface area contributed by atoms with Gasteiger partial charge in [-0.05, 0) is 48.4 Å². The van der Waals surface area contributed by atoms with Crippen molar-refractivity contribution in [2.75, 3.05) is 0 Å². The molecule has 0 amide bonds. The number of allylic oxidation sites excluding steroid dienone is 1. The minimum atomic E-state index is -0.875. The second-order valence-electron chi connectivity index (χ2n) is 8.51. The molecule has 0 spiro atoms. The lowest BCUT2D eigenvalue weighted by Crippen LogP contribution is -2.50. The number of fused-ring (bicyclic) bond motifs is 1. The first-order valence-electron chi connectivity index (χ1n) is 11.1. The molecule has 0 saturated heterocycles. The van der Waals surface area contributed by atoms with Crippen molar-refractivity contribution in [1.29, 1.82) is 5.41 Å². The summed E-state index contributed by atoms with van der Waals surface area (Å²) >= 11 is 18.4. The Morgan fingerprint density at radius 2 is 1.74 bits per heavy atom. The summed E-state index contributed by atoms with van der Waals surface area (Å²) in [7, 11) is 0. The van der Waals surface area contributed by atoms with E-state index < -0.39 is 6.10 Å². The van der Waals surface area contributed by atoms with Gasteiger partial charge in [-0.15, -0.1) is 0 Å². The maximum atomic E-state index is 10.9. The van der Waals surface area contributed by atoms with Crippen LogP contribution in [0.15, 0.2) is 72.6 Å². The fourth-order valence-corrected chi connectivity index (χ4v) is 4.40. The highest BCUT2D eigenvalue weighted by atomic mass is 35.5. The molecule has 0 bridgehead atoms. The molecule has 0 fully saturated rings. The Kier molecular flexibility index (Phi) is 7.89. The van der Waals surface area contributed by atoms with Gasteiger partial charge in [-0.2, -0.15) is 0 Å². The maximum absolute atomic E-state index is 10.9. The van der Waals surface area contributed by atoms with Crippen molar-refractivity contribution in [2.45, 2.75) is 32.7 Å². The molecule has 182 valence electrons. The number of nitrogens with one attached hydrogen (secondary N) is 2. The van der Waals surface area contributed by atoms with E-state index in [0.717, 1.165) is 16.7 Å². The van der Waals surface area contributed by atoms with Crippen molar-refractivity contribution in [3.8, 4) is 0 Å². The highest BCUT2D eigenvalue weighted by molar-refractivity contribution is 6.42. The number of rotatable bonds is 8. The largest absolute Gasteiger partial charge is 0.387 e. The van der Waals surface area contributed by atoms with Crippen molar-refractivity contribution < 1.29 is 10.8 Å². The zero-order valence-corrected chi connectivity index (χ0v) is 21.5. The van der Waals surface area contributed by atoms with Crippen LogP contribution in [0, 0.1) is 12.3 Å². The number of nitrogens with zero attached hydrogens (tertiary/aromatic N) is 2. The minimum Gasteiger partial charge on any atom is -0.387 e. The predicted octanol–water partition coefficient (Wildman–Crippen LogP) is 4.80. The molecule has 1 atom stereocenters. The number of hydrogen-bond donors (Lipinski definition) is 4. The highest BCUT2D eigenvalue weighted by Crippen LogP contribution is 2.27. The van der Waals surface area contributed by atoms with Crippen LogP contribution in [-0.4, -0.2) is 14.2 Å². The first-order valence-corrected chi connectivity index (χ1v) is 12.2. The number of imidazole rings is 1. The summed E-state index contributed by atoms with van der Waals surface area (Å²) in [5.74, 6) is 0. The van der Waals surface area contributed by atoms with Gasteiger partial charge in [0.25, 0.3) is 0 Å². The molecule has 1 aromatic heterocycles. The molecule has 3 aromatic carbocycles. The topological polar surface area (TPSA) is 93.6 Å². The maximum Gasteiger partial charge on any atom is 0.203 e. The van der Waals surface area contributed by atoms with Gasteiger partial charge in [0, 0.05) is 11.6 Å². The molecule has 35 heavy (non-hydrogen) atoms. The van der Waals surface area contributed by atoms with Gasteiger partial charge in [0.2, 0.25) is 5.62 Å². The van der Waals surface area contributed by atoms with E-state index in [1.54, 1.807) is 28.8 Å². The van der Waals surface area contributed by atoms with Gasteiger partial charge in [-0.3, -0.25) is 5.41 Å². The number of aryl methyl sites for hydroxylation is 1. The van der Waals surface area contributed by atoms with Gasteiger partial charge in [-0.1, -0.05) is 70.7 Å². The van der Waals surface area contributed by atoms with Crippen LogP contribution in [0.25, 0.3) is 11.0 Å². The van der Waals surface area contributed by atoms with E-state index in [0.29, 0.717) is 33.7 Å². The Balaban J connectivity index is 1.58. The second kappa shape index (κ2) is 10.9. The summed E-state index contributed by atoms with van der Waals surface area (Å²) < 4.78 is 3.58. The summed E-state index contributed by atoms with van der Waals surface area (Å²) in [5, 5.41) is 24.4. The van der Waals surface area contributed by atoms with Crippen molar-refractivity contribution in [3.05, 3.63) is 110 Å². The van der Waals surface area contributed by atoms with Crippen LogP contribution in [0.1, 0.15) is 22.8 Å². The van der Waals surface area contributed by atoms with Crippen molar-refractivity contribution in [2.24, 2.45) is 0 Å². The monoisotopic (exact) mass is 530 g/mol. The quantitative estimate of drug-likeness (QED) is 0.263. The molecule has 6 N–H and O–H groups in total. The molecule has 0 saturated carbocycles. The van der Waals surface area contributed by atoms with Gasteiger partial charge in [-0.25, -0.2) is 0 Å². The van der Waals surface area contributed by atoms with Crippen LogP contribution in [0.2, 0.25) is 15.1 Å². The molecule has 1 heterocycles. The number of hydrogen-bond acceptors (Lipinski definition) is 3. The third-order valence-electron chi connectivity index (χ3n) is 5.81. The molecule has 0 aliphatic heterocycles. The second-order valence-corrected chi connectivity index (χ2v) is 9.76. The molecule has 0 radical (unpaired) electrons. The van der Waals surface area contributed by atoms with E-state index >= 15 is 0 Å². The van der Waals surface area contributed by atoms with E-state index in [1.165, 1.54) is 11.1 Å². The van der Waals surface area contributed by atoms with E-state index in [-0.39, 0.29) is 12.2 Å². The Hall–Kier alpha value is -2.74. The Morgan fingerprint density at radius 1 is 1.00 bits per heavy atom. The predicted molar refractivity (Wildman–Crippen MR) is 141 cm³/mol. The smallest absolute Gasteiger partial charge is 0.203 e. The lowest BCUT2D eigenvalue weighted by Gasteiger charge is -2.13. The zero-order chi connectivity index (χ0) is 25.1. The molecule has 0 aliphatic rings. The third kappa shape index (κ3) is 5.92.